The van der Waals surface area contributed by atoms with Crippen molar-refractivity contribution in [2.24, 2.45) is 0 Å². The number of carbonyl (C=O) groups excluding carboxylic acids is 1. The topological polar surface area (TPSA) is 38.3 Å². The molecule has 0 aromatic heterocycles. The maximum atomic E-state index is 12.5. The molecule has 0 saturated carbocycles. The Labute approximate surface area is 132 Å². The third kappa shape index (κ3) is 4.82. The summed E-state index contributed by atoms with van der Waals surface area (Å²) >= 11 is 0. The number of carbonyl (C=O) groups is 1. The van der Waals surface area contributed by atoms with Crippen molar-refractivity contribution in [3.05, 3.63) is 71.3 Å². The first-order valence-electron chi connectivity index (χ1n) is 6.95. The van der Waals surface area contributed by atoms with Gasteiger partial charge in [-0.15, -0.1) is 0 Å². The number of nitrogens with one attached hydrogen (secondary N) is 1. The fourth-order valence-corrected chi connectivity index (χ4v) is 2.06. The van der Waals surface area contributed by atoms with Crippen LogP contribution in [0.2, 0.25) is 0 Å². The van der Waals surface area contributed by atoms with Gasteiger partial charge in [0.25, 0.3) is 5.91 Å². The van der Waals surface area contributed by atoms with Crippen molar-refractivity contribution in [1.82, 2.24) is 5.32 Å². The second-order valence-electron chi connectivity index (χ2n) is 4.96. The molecule has 3 nitrogen and oxygen atoms in total. The molecule has 0 aliphatic heterocycles. The van der Waals surface area contributed by atoms with Crippen LogP contribution in [0.3, 0.4) is 0 Å². The standard InChI is InChI=1S/C17H16F3NO2/c1-23-15(11-12-5-3-2-4-6-12)21-16(22)13-7-9-14(10-8-13)17(18,19)20/h2-10,15H,11H2,1H3,(H,21,22). The molecule has 0 saturated heterocycles. The van der Waals surface area contributed by atoms with Crippen LogP contribution in [0.15, 0.2) is 54.6 Å². The molecule has 0 aliphatic rings. The van der Waals surface area contributed by atoms with E-state index in [0.29, 0.717) is 6.42 Å². The van der Waals surface area contributed by atoms with E-state index in [0.717, 1.165) is 29.8 Å². The lowest BCUT2D eigenvalue weighted by atomic mass is 10.1. The fraction of sp³-hybridized carbons (Fsp3) is 0.235. The number of hydrogen-bond donors (Lipinski definition) is 1. The number of benzene rings is 2. The minimum Gasteiger partial charge on any atom is -0.361 e. The second-order valence-corrected chi connectivity index (χ2v) is 4.96. The van der Waals surface area contributed by atoms with E-state index in [9.17, 15) is 18.0 Å². The summed E-state index contributed by atoms with van der Waals surface area (Å²) in [6.45, 7) is 0. The van der Waals surface area contributed by atoms with Crippen LogP contribution in [0, 0.1) is 0 Å². The Bertz CT molecular complexity index is 639. The van der Waals surface area contributed by atoms with Crippen LogP contribution in [0.1, 0.15) is 21.5 Å². The van der Waals surface area contributed by atoms with Crippen molar-refractivity contribution in [2.75, 3.05) is 7.11 Å². The van der Waals surface area contributed by atoms with Crippen molar-refractivity contribution in [2.45, 2.75) is 18.8 Å². The third-order valence-electron chi connectivity index (χ3n) is 3.31. The van der Waals surface area contributed by atoms with E-state index in [1.807, 2.05) is 30.3 Å². The highest BCUT2D eigenvalue weighted by Crippen LogP contribution is 2.29. The molecular weight excluding hydrogens is 307 g/mol. The van der Waals surface area contributed by atoms with Crippen molar-refractivity contribution >= 4 is 5.91 Å². The third-order valence-corrected chi connectivity index (χ3v) is 3.31. The number of ether oxygens (including phenoxy) is 1. The van der Waals surface area contributed by atoms with Gasteiger partial charge in [-0.2, -0.15) is 13.2 Å². The van der Waals surface area contributed by atoms with E-state index in [2.05, 4.69) is 5.32 Å². The van der Waals surface area contributed by atoms with E-state index in [1.54, 1.807) is 0 Å². The molecule has 0 spiro atoms. The summed E-state index contributed by atoms with van der Waals surface area (Å²) in [7, 11) is 1.46. The van der Waals surface area contributed by atoms with Crippen LogP contribution in [-0.4, -0.2) is 19.2 Å². The summed E-state index contributed by atoms with van der Waals surface area (Å²) in [6.07, 6.45) is -4.52. The van der Waals surface area contributed by atoms with Gasteiger partial charge in [0.05, 0.1) is 5.56 Å². The molecule has 1 N–H and O–H groups in total. The zero-order valence-electron chi connectivity index (χ0n) is 12.4. The molecule has 1 amide bonds. The molecule has 2 aromatic carbocycles. The molecule has 1 unspecified atom stereocenters. The number of rotatable bonds is 5. The zero-order chi connectivity index (χ0) is 16.9. The number of halogens is 3. The number of alkyl halides is 3. The molecule has 0 heterocycles. The van der Waals surface area contributed by atoms with Gasteiger partial charge in [0.15, 0.2) is 0 Å². The highest BCUT2D eigenvalue weighted by atomic mass is 19.4. The molecule has 2 aromatic rings. The van der Waals surface area contributed by atoms with Gasteiger partial charge >= 0.3 is 6.18 Å². The van der Waals surface area contributed by atoms with Crippen molar-refractivity contribution in [3.63, 3.8) is 0 Å². The smallest absolute Gasteiger partial charge is 0.361 e. The van der Waals surface area contributed by atoms with E-state index >= 15 is 0 Å². The zero-order valence-corrected chi connectivity index (χ0v) is 12.4. The molecule has 1 atom stereocenters. The van der Waals surface area contributed by atoms with Gasteiger partial charge < -0.3 is 10.1 Å². The fourth-order valence-electron chi connectivity index (χ4n) is 2.06. The van der Waals surface area contributed by atoms with Gasteiger partial charge in [-0.05, 0) is 29.8 Å². The van der Waals surface area contributed by atoms with Gasteiger partial charge in [0.2, 0.25) is 0 Å². The minimum atomic E-state index is -4.42. The summed E-state index contributed by atoms with van der Waals surface area (Å²) in [5.74, 6) is -0.485. The quantitative estimate of drug-likeness (QED) is 0.853. The molecule has 0 radical (unpaired) electrons. The maximum Gasteiger partial charge on any atom is 0.416 e. The molecule has 2 rings (SSSR count). The lowest BCUT2D eigenvalue weighted by molar-refractivity contribution is -0.137. The second kappa shape index (κ2) is 7.28. The van der Waals surface area contributed by atoms with Crippen molar-refractivity contribution in [1.29, 1.82) is 0 Å². The predicted molar refractivity (Wildman–Crippen MR) is 79.9 cm³/mol. The van der Waals surface area contributed by atoms with Crippen LogP contribution >= 0.6 is 0 Å². The summed E-state index contributed by atoms with van der Waals surface area (Å²) in [5, 5.41) is 2.65. The maximum absolute atomic E-state index is 12.5. The van der Waals surface area contributed by atoms with Crippen LogP contribution in [0.4, 0.5) is 13.2 Å². The largest absolute Gasteiger partial charge is 0.416 e. The lowest BCUT2D eigenvalue weighted by Crippen LogP contribution is -2.37. The van der Waals surface area contributed by atoms with Crippen LogP contribution in [0.25, 0.3) is 0 Å². The summed E-state index contributed by atoms with van der Waals surface area (Å²) in [5.41, 5.74) is 0.335. The molecule has 6 heteroatoms. The Morgan fingerprint density at radius 3 is 2.22 bits per heavy atom. The van der Waals surface area contributed by atoms with Crippen molar-refractivity contribution in [3.8, 4) is 0 Å². The van der Waals surface area contributed by atoms with Gasteiger partial charge in [-0.1, -0.05) is 30.3 Å². The molecular formula is C17H16F3NO2. The molecule has 0 fully saturated rings. The summed E-state index contributed by atoms with van der Waals surface area (Å²) < 4.78 is 42.7. The van der Waals surface area contributed by atoms with E-state index < -0.39 is 23.9 Å². The van der Waals surface area contributed by atoms with Gasteiger partial charge in [-0.25, -0.2) is 0 Å². The van der Waals surface area contributed by atoms with Crippen molar-refractivity contribution < 1.29 is 22.7 Å². The Kier molecular flexibility index (Phi) is 5.39. The Hall–Kier alpha value is -2.34. The Morgan fingerprint density at radius 1 is 1.09 bits per heavy atom. The first kappa shape index (κ1) is 17.0. The van der Waals surface area contributed by atoms with E-state index in [-0.39, 0.29) is 5.56 Å². The molecule has 0 bridgehead atoms. The Balaban J connectivity index is 2.02. The highest BCUT2D eigenvalue weighted by molar-refractivity contribution is 5.94. The molecule has 122 valence electrons. The predicted octanol–water partition coefficient (Wildman–Crippen LogP) is 3.65. The Morgan fingerprint density at radius 2 is 1.70 bits per heavy atom. The van der Waals surface area contributed by atoms with Gasteiger partial charge in [-0.3, -0.25) is 4.79 Å². The van der Waals surface area contributed by atoms with Crippen LogP contribution < -0.4 is 5.32 Å². The SMILES string of the molecule is COC(Cc1ccccc1)NC(=O)c1ccc(C(F)(F)F)cc1. The lowest BCUT2D eigenvalue weighted by Gasteiger charge is -2.17. The average Bonchev–Trinajstić information content (AvgIpc) is 2.54. The monoisotopic (exact) mass is 323 g/mol. The molecule has 0 aliphatic carbocycles. The first-order valence-corrected chi connectivity index (χ1v) is 6.95. The normalized spacial score (nSPS) is 12.7. The van der Waals surface area contributed by atoms with Crippen LogP contribution in [0.5, 0.6) is 0 Å². The highest BCUT2D eigenvalue weighted by Gasteiger charge is 2.30. The van der Waals surface area contributed by atoms with E-state index in [1.165, 1.54) is 7.11 Å². The number of hydrogen-bond acceptors (Lipinski definition) is 2. The van der Waals surface area contributed by atoms with E-state index in [4.69, 9.17) is 4.74 Å². The average molecular weight is 323 g/mol. The minimum absolute atomic E-state index is 0.146. The summed E-state index contributed by atoms with van der Waals surface area (Å²) in [6, 6.07) is 13.5. The summed E-state index contributed by atoms with van der Waals surface area (Å²) in [4.78, 5) is 12.1. The number of methoxy groups -OCH3 is 1. The number of amides is 1. The molecule has 23 heavy (non-hydrogen) atoms. The van der Waals surface area contributed by atoms with Crippen LogP contribution in [-0.2, 0) is 17.3 Å². The van der Waals surface area contributed by atoms with Gasteiger partial charge in [0.1, 0.15) is 6.23 Å². The van der Waals surface area contributed by atoms with Gasteiger partial charge in [0, 0.05) is 19.1 Å². The first-order chi connectivity index (χ1) is 10.9.